The number of likely N-dealkylation sites (tertiary alicyclic amines) is 1. The van der Waals surface area contributed by atoms with E-state index in [9.17, 15) is 9.59 Å². The van der Waals surface area contributed by atoms with Crippen LogP contribution in [-0.4, -0.2) is 44.0 Å². The molecule has 1 saturated heterocycles. The van der Waals surface area contributed by atoms with Crippen molar-refractivity contribution < 1.29 is 19.1 Å². The first kappa shape index (κ1) is 20.2. The summed E-state index contributed by atoms with van der Waals surface area (Å²) in [6.45, 7) is 1.12. The molecule has 0 radical (unpaired) electrons. The van der Waals surface area contributed by atoms with Gasteiger partial charge < -0.3 is 19.7 Å². The summed E-state index contributed by atoms with van der Waals surface area (Å²) in [5.74, 6) is 1.01. The van der Waals surface area contributed by atoms with Crippen molar-refractivity contribution in [1.29, 1.82) is 0 Å². The molecule has 1 heterocycles. The van der Waals surface area contributed by atoms with Gasteiger partial charge in [-0.25, -0.2) is 0 Å². The highest BCUT2D eigenvalue weighted by Gasteiger charge is 2.28. The number of rotatable bonds is 5. The SMILES string of the molecule is COc1ccc(OC)c(NC(=O)C2CCN(C(=O)c3ccc(Br)cc3)CC2)c1. The maximum Gasteiger partial charge on any atom is 0.253 e. The number of nitrogens with zero attached hydrogens (tertiary/aromatic N) is 1. The number of carbonyl (C=O) groups excluding carboxylic acids is 2. The van der Waals surface area contributed by atoms with Crippen molar-refractivity contribution in [2.45, 2.75) is 12.8 Å². The van der Waals surface area contributed by atoms with E-state index in [4.69, 9.17) is 9.47 Å². The lowest BCUT2D eigenvalue weighted by atomic mass is 9.95. The Labute approximate surface area is 172 Å². The Morgan fingerprint density at radius 2 is 1.71 bits per heavy atom. The summed E-state index contributed by atoms with van der Waals surface area (Å²) in [6, 6.07) is 12.6. The predicted molar refractivity (Wildman–Crippen MR) is 111 cm³/mol. The molecule has 2 aromatic rings. The Morgan fingerprint density at radius 3 is 2.32 bits per heavy atom. The van der Waals surface area contributed by atoms with Gasteiger partial charge in [0.2, 0.25) is 5.91 Å². The van der Waals surface area contributed by atoms with Crippen LogP contribution in [0.2, 0.25) is 0 Å². The molecule has 1 N–H and O–H groups in total. The predicted octanol–water partition coefficient (Wildman–Crippen LogP) is 3.96. The van der Waals surface area contributed by atoms with Crippen molar-refractivity contribution in [2.75, 3.05) is 32.6 Å². The molecule has 28 heavy (non-hydrogen) atoms. The number of methoxy groups -OCH3 is 2. The number of piperidine rings is 1. The van der Waals surface area contributed by atoms with Gasteiger partial charge >= 0.3 is 0 Å². The Kier molecular flexibility index (Phi) is 6.57. The number of anilines is 1. The van der Waals surface area contributed by atoms with Crippen molar-refractivity contribution in [3.05, 3.63) is 52.5 Å². The highest BCUT2D eigenvalue weighted by molar-refractivity contribution is 9.10. The third kappa shape index (κ3) is 4.65. The molecule has 0 saturated carbocycles. The molecule has 0 aliphatic carbocycles. The van der Waals surface area contributed by atoms with Gasteiger partial charge in [0.1, 0.15) is 11.5 Å². The van der Waals surface area contributed by atoms with Crippen LogP contribution in [0.15, 0.2) is 46.9 Å². The molecule has 3 rings (SSSR count). The van der Waals surface area contributed by atoms with Crippen LogP contribution in [-0.2, 0) is 4.79 Å². The van der Waals surface area contributed by atoms with Crippen LogP contribution in [0.25, 0.3) is 0 Å². The van der Waals surface area contributed by atoms with E-state index in [1.807, 2.05) is 12.1 Å². The summed E-state index contributed by atoms with van der Waals surface area (Å²) >= 11 is 3.37. The zero-order valence-corrected chi connectivity index (χ0v) is 17.5. The third-order valence-electron chi connectivity index (χ3n) is 4.91. The zero-order valence-electron chi connectivity index (χ0n) is 15.9. The van der Waals surface area contributed by atoms with Crippen molar-refractivity contribution in [3.63, 3.8) is 0 Å². The first-order valence-corrected chi connectivity index (χ1v) is 9.89. The fraction of sp³-hybridized carbons (Fsp3) is 0.333. The van der Waals surface area contributed by atoms with Gasteiger partial charge in [-0.1, -0.05) is 15.9 Å². The molecule has 148 valence electrons. The van der Waals surface area contributed by atoms with Crippen molar-refractivity contribution >= 4 is 33.4 Å². The number of carbonyl (C=O) groups is 2. The summed E-state index contributed by atoms with van der Waals surface area (Å²) in [5, 5.41) is 2.94. The molecular weight excluding hydrogens is 424 g/mol. The second-order valence-electron chi connectivity index (χ2n) is 6.63. The van der Waals surface area contributed by atoms with E-state index in [0.29, 0.717) is 48.7 Å². The fourth-order valence-corrected chi connectivity index (χ4v) is 3.53. The monoisotopic (exact) mass is 446 g/mol. The minimum Gasteiger partial charge on any atom is -0.497 e. The first-order valence-electron chi connectivity index (χ1n) is 9.09. The van der Waals surface area contributed by atoms with E-state index in [1.165, 1.54) is 0 Å². The van der Waals surface area contributed by atoms with Crippen LogP contribution in [0, 0.1) is 5.92 Å². The number of halogens is 1. The largest absolute Gasteiger partial charge is 0.497 e. The van der Waals surface area contributed by atoms with Gasteiger partial charge in [-0.2, -0.15) is 0 Å². The quantitative estimate of drug-likeness (QED) is 0.754. The zero-order chi connectivity index (χ0) is 20.1. The topological polar surface area (TPSA) is 67.9 Å². The Hall–Kier alpha value is -2.54. The minimum atomic E-state index is -0.148. The average molecular weight is 447 g/mol. The van der Waals surface area contributed by atoms with Gasteiger partial charge in [0.15, 0.2) is 0 Å². The van der Waals surface area contributed by atoms with Crippen LogP contribution in [0.4, 0.5) is 5.69 Å². The van der Waals surface area contributed by atoms with E-state index in [2.05, 4.69) is 21.2 Å². The maximum atomic E-state index is 12.7. The second kappa shape index (κ2) is 9.10. The average Bonchev–Trinajstić information content (AvgIpc) is 2.73. The van der Waals surface area contributed by atoms with E-state index in [0.717, 1.165) is 4.47 Å². The van der Waals surface area contributed by atoms with Gasteiger partial charge in [0, 0.05) is 35.1 Å². The van der Waals surface area contributed by atoms with Crippen LogP contribution >= 0.6 is 15.9 Å². The van der Waals surface area contributed by atoms with Crippen LogP contribution in [0.3, 0.4) is 0 Å². The molecule has 1 aliphatic rings. The van der Waals surface area contributed by atoms with Gasteiger partial charge in [-0.3, -0.25) is 9.59 Å². The molecule has 0 atom stereocenters. The van der Waals surface area contributed by atoms with Gasteiger partial charge in [-0.15, -0.1) is 0 Å². The smallest absolute Gasteiger partial charge is 0.253 e. The van der Waals surface area contributed by atoms with Crippen LogP contribution in [0.5, 0.6) is 11.5 Å². The Morgan fingerprint density at radius 1 is 1.04 bits per heavy atom. The summed E-state index contributed by atoms with van der Waals surface area (Å²) < 4.78 is 11.5. The molecule has 0 bridgehead atoms. The lowest BCUT2D eigenvalue weighted by Crippen LogP contribution is -2.41. The fourth-order valence-electron chi connectivity index (χ4n) is 3.27. The highest BCUT2D eigenvalue weighted by Crippen LogP contribution is 2.30. The van der Waals surface area contributed by atoms with Crippen molar-refractivity contribution in [2.24, 2.45) is 5.92 Å². The molecular formula is C21H23BrN2O4. The number of benzene rings is 2. The molecule has 0 unspecified atom stereocenters. The van der Waals surface area contributed by atoms with Crippen molar-refractivity contribution in [3.8, 4) is 11.5 Å². The number of nitrogens with one attached hydrogen (secondary N) is 1. The second-order valence-corrected chi connectivity index (χ2v) is 7.54. The van der Waals surface area contributed by atoms with Crippen LogP contribution < -0.4 is 14.8 Å². The number of hydrogen-bond acceptors (Lipinski definition) is 4. The molecule has 2 aromatic carbocycles. The Balaban J connectivity index is 1.59. The minimum absolute atomic E-state index is 0.000762. The summed E-state index contributed by atoms with van der Waals surface area (Å²) in [7, 11) is 3.13. The molecule has 2 amide bonds. The third-order valence-corrected chi connectivity index (χ3v) is 5.44. The van der Waals surface area contributed by atoms with Gasteiger partial charge in [-0.05, 0) is 49.2 Å². The molecule has 0 spiro atoms. The van der Waals surface area contributed by atoms with E-state index < -0.39 is 0 Å². The maximum absolute atomic E-state index is 12.7. The lowest BCUT2D eigenvalue weighted by Gasteiger charge is -2.31. The molecule has 1 aliphatic heterocycles. The summed E-state index contributed by atoms with van der Waals surface area (Å²) in [6.07, 6.45) is 1.25. The summed E-state index contributed by atoms with van der Waals surface area (Å²) in [4.78, 5) is 27.1. The number of hydrogen-bond donors (Lipinski definition) is 1. The standard InChI is InChI=1S/C21H23BrN2O4/c1-27-17-7-8-19(28-2)18(13-17)23-20(25)14-9-11-24(12-10-14)21(26)15-3-5-16(22)6-4-15/h3-8,13-14H,9-12H2,1-2H3,(H,23,25). The van der Waals surface area contributed by atoms with Gasteiger partial charge in [0.05, 0.1) is 19.9 Å². The van der Waals surface area contributed by atoms with Gasteiger partial charge in [0.25, 0.3) is 5.91 Å². The normalized spacial score (nSPS) is 14.5. The lowest BCUT2D eigenvalue weighted by molar-refractivity contribution is -0.121. The molecule has 6 nitrogen and oxygen atoms in total. The molecule has 7 heteroatoms. The van der Waals surface area contributed by atoms with E-state index in [1.54, 1.807) is 49.5 Å². The molecule has 0 aromatic heterocycles. The first-order chi connectivity index (χ1) is 13.5. The van der Waals surface area contributed by atoms with E-state index in [-0.39, 0.29) is 17.7 Å². The van der Waals surface area contributed by atoms with Crippen molar-refractivity contribution in [1.82, 2.24) is 4.90 Å². The number of ether oxygens (including phenoxy) is 2. The highest BCUT2D eigenvalue weighted by atomic mass is 79.9. The van der Waals surface area contributed by atoms with Crippen LogP contribution in [0.1, 0.15) is 23.2 Å². The summed E-state index contributed by atoms with van der Waals surface area (Å²) in [5.41, 5.74) is 1.24. The van der Waals surface area contributed by atoms with E-state index >= 15 is 0 Å². The Bertz CT molecular complexity index is 846. The molecule has 1 fully saturated rings. The number of amides is 2.